The standard InChI is InChI=1S/C19H28O2/c20-19(13-12-18-7-4-14-21-18)17-10-8-16(9-11-17)15-5-2-1-3-6-15/h8-11,15,18-20H,1-7,12-14H2. The molecular weight excluding hydrogens is 260 g/mol. The lowest BCUT2D eigenvalue weighted by Crippen LogP contribution is -2.08. The van der Waals surface area contributed by atoms with Gasteiger partial charge in [0.25, 0.3) is 0 Å². The molecule has 1 saturated carbocycles. The zero-order valence-electron chi connectivity index (χ0n) is 13.0. The van der Waals surface area contributed by atoms with Crippen LogP contribution in [0.1, 0.15) is 80.9 Å². The topological polar surface area (TPSA) is 29.5 Å². The first kappa shape index (κ1) is 15.1. The van der Waals surface area contributed by atoms with Crippen LogP contribution in [0.3, 0.4) is 0 Å². The van der Waals surface area contributed by atoms with Gasteiger partial charge in [-0.2, -0.15) is 0 Å². The van der Waals surface area contributed by atoms with Crippen molar-refractivity contribution in [3.8, 4) is 0 Å². The van der Waals surface area contributed by atoms with Crippen molar-refractivity contribution in [3.05, 3.63) is 35.4 Å². The second-order valence-corrected chi connectivity index (χ2v) is 6.73. The molecule has 2 nitrogen and oxygen atoms in total. The zero-order valence-corrected chi connectivity index (χ0v) is 13.0. The van der Waals surface area contributed by atoms with Crippen molar-refractivity contribution >= 4 is 0 Å². The van der Waals surface area contributed by atoms with Crippen molar-refractivity contribution < 1.29 is 9.84 Å². The fraction of sp³-hybridized carbons (Fsp3) is 0.684. The SMILES string of the molecule is OC(CCC1CCCO1)c1ccc(C2CCCCC2)cc1. The van der Waals surface area contributed by atoms with Crippen molar-refractivity contribution in [2.75, 3.05) is 6.61 Å². The summed E-state index contributed by atoms with van der Waals surface area (Å²) in [6.45, 7) is 0.900. The van der Waals surface area contributed by atoms with Gasteiger partial charge in [0.05, 0.1) is 12.2 Å². The average molecular weight is 288 g/mol. The maximum atomic E-state index is 10.3. The largest absolute Gasteiger partial charge is 0.388 e. The zero-order chi connectivity index (χ0) is 14.5. The van der Waals surface area contributed by atoms with Gasteiger partial charge in [-0.15, -0.1) is 0 Å². The predicted octanol–water partition coefficient (Wildman–Crippen LogP) is 4.73. The molecule has 1 N–H and O–H groups in total. The molecular formula is C19H28O2. The Morgan fingerprint density at radius 2 is 1.76 bits per heavy atom. The second-order valence-electron chi connectivity index (χ2n) is 6.73. The van der Waals surface area contributed by atoms with E-state index in [1.807, 2.05) is 0 Å². The van der Waals surface area contributed by atoms with Crippen LogP contribution in [0.2, 0.25) is 0 Å². The molecule has 1 aromatic carbocycles. The fourth-order valence-electron chi connectivity index (χ4n) is 3.81. The predicted molar refractivity (Wildman–Crippen MR) is 85.4 cm³/mol. The van der Waals surface area contributed by atoms with E-state index in [1.54, 1.807) is 0 Å². The van der Waals surface area contributed by atoms with E-state index in [-0.39, 0.29) is 6.10 Å². The van der Waals surface area contributed by atoms with Crippen LogP contribution < -0.4 is 0 Å². The highest BCUT2D eigenvalue weighted by Gasteiger charge is 2.19. The Hall–Kier alpha value is -0.860. The van der Waals surface area contributed by atoms with Gasteiger partial charge in [0.15, 0.2) is 0 Å². The molecule has 1 saturated heterocycles. The number of hydrogen-bond acceptors (Lipinski definition) is 2. The van der Waals surface area contributed by atoms with Gasteiger partial charge in [-0.1, -0.05) is 43.5 Å². The molecule has 0 bridgehead atoms. The highest BCUT2D eigenvalue weighted by Crippen LogP contribution is 2.33. The third-order valence-corrected chi connectivity index (χ3v) is 5.18. The molecule has 116 valence electrons. The van der Waals surface area contributed by atoms with Crippen LogP contribution >= 0.6 is 0 Å². The molecule has 1 heterocycles. The van der Waals surface area contributed by atoms with E-state index in [2.05, 4.69) is 24.3 Å². The first-order valence-electron chi connectivity index (χ1n) is 8.72. The first-order chi connectivity index (χ1) is 10.3. The Balaban J connectivity index is 1.52. The summed E-state index contributed by atoms with van der Waals surface area (Å²) in [6, 6.07) is 8.73. The third kappa shape index (κ3) is 4.08. The number of aliphatic hydroxyl groups excluding tert-OH is 1. The van der Waals surface area contributed by atoms with Gasteiger partial charge in [-0.05, 0) is 55.6 Å². The van der Waals surface area contributed by atoms with Crippen LogP contribution in [-0.2, 0) is 4.74 Å². The minimum absolute atomic E-state index is 0.338. The molecule has 1 aromatic rings. The lowest BCUT2D eigenvalue weighted by molar-refractivity contribution is 0.0812. The third-order valence-electron chi connectivity index (χ3n) is 5.18. The molecule has 0 radical (unpaired) electrons. The number of ether oxygens (including phenoxy) is 1. The van der Waals surface area contributed by atoms with Gasteiger partial charge < -0.3 is 9.84 Å². The van der Waals surface area contributed by atoms with E-state index >= 15 is 0 Å². The Morgan fingerprint density at radius 1 is 1.00 bits per heavy atom. The minimum Gasteiger partial charge on any atom is -0.388 e. The highest BCUT2D eigenvalue weighted by atomic mass is 16.5. The van der Waals surface area contributed by atoms with E-state index in [0.29, 0.717) is 6.10 Å². The van der Waals surface area contributed by atoms with Gasteiger partial charge in [0, 0.05) is 6.61 Å². The van der Waals surface area contributed by atoms with E-state index < -0.39 is 0 Å². The smallest absolute Gasteiger partial charge is 0.0791 e. The Labute approximate surface area is 128 Å². The van der Waals surface area contributed by atoms with Crippen LogP contribution in [0, 0.1) is 0 Å². The van der Waals surface area contributed by atoms with Crippen molar-refractivity contribution in [3.63, 3.8) is 0 Å². The molecule has 1 aliphatic heterocycles. The molecule has 0 aromatic heterocycles. The van der Waals surface area contributed by atoms with Gasteiger partial charge >= 0.3 is 0 Å². The molecule has 0 spiro atoms. The van der Waals surface area contributed by atoms with Gasteiger partial charge in [-0.25, -0.2) is 0 Å². The summed E-state index contributed by atoms with van der Waals surface area (Å²) < 4.78 is 5.63. The minimum atomic E-state index is -0.338. The number of hydrogen-bond donors (Lipinski definition) is 1. The summed E-state index contributed by atoms with van der Waals surface area (Å²) in [6.07, 6.45) is 11.0. The quantitative estimate of drug-likeness (QED) is 0.849. The van der Waals surface area contributed by atoms with E-state index in [9.17, 15) is 5.11 Å². The van der Waals surface area contributed by atoms with Gasteiger partial charge in [0.1, 0.15) is 0 Å². The van der Waals surface area contributed by atoms with Crippen LogP contribution in [0.15, 0.2) is 24.3 Å². The van der Waals surface area contributed by atoms with Crippen molar-refractivity contribution in [1.82, 2.24) is 0 Å². The molecule has 2 fully saturated rings. The molecule has 2 unspecified atom stereocenters. The van der Waals surface area contributed by atoms with Crippen LogP contribution in [0.4, 0.5) is 0 Å². The summed E-state index contributed by atoms with van der Waals surface area (Å²) in [4.78, 5) is 0. The number of benzene rings is 1. The Bertz CT molecular complexity index is 414. The highest BCUT2D eigenvalue weighted by molar-refractivity contribution is 5.27. The van der Waals surface area contributed by atoms with E-state index in [0.717, 1.165) is 37.4 Å². The van der Waals surface area contributed by atoms with Crippen LogP contribution in [0.5, 0.6) is 0 Å². The molecule has 21 heavy (non-hydrogen) atoms. The molecule has 0 amide bonds. The molecule has 1 aliphatic carbocycles. The lowest BCUT2D eigenvalue weighted by atomic mass is 9.83. The molecule has 2 aliphatic rings. The molecule has 3 rings (SSSR count). The van der Waals surface area contributed by atoms with E-state index in [4.69, 9.17) is 4.74 Å². The van der Waals surface area contributed by atoms with Crippen molar-refractivity contribution in [1.29, 1.82) is 0 Å². The maximum absolute atomic E-state index is 10.3. The summed E-state index contributed by atoms with van der Waals surface area (Å²) in [5.74, 6) is 0.747. The molecule has 2 heteroatoms. The maximum Gasteiger partial charge on any atom is 0.0791 e. The van der Waals surface area contributed by atoms with Gasteiger partial charge in [-0.3, -0.25) is 0 Å². The number of aliphatic hydroxyl groups is 1. The van der Waals surface area contributed by atoms with Crippen molar-refractivity contribution in [2.45, 2.75) is 75.9 Å². The number of rotatable bonds is 5. The summed E-state index contributed by atoms with van der Waals surface area (Å²) in [7, 11) is 0. The second kappa shape index (κ2) is 7.42. The Kier molecular flexibility index (Phi) is 5.32. The monoisotopic (exact) mass is 288 g/mol. The van der Waals surface area contributed by atoms with E-state index in [1.165, 1.54) is 44.1 Å². The summed E-state index contributed by atoms with van der Waals surface area (Å²) in [5, 5.41) is 10.3. The summed E-state index contributed by atoms with van der Waals surface area (Å²) >= 11 is 0. The average Bonchev–Trinajstić information content (AvgIpc) is 3.07. The normalized spacial score (nSPS) is 25.1. The first-order valence-corrected chi connectivity index (χ1v) is 8.72. The van der Waals surface area contributed by atoms with Gasteiger partial charge in [0.2, 0.25) is 0 Å². The Morgan fingerprint density at radius 3 is 2.43 bits per heavy atom. The van der Waals surface area contributed by atoms with Crippen LogP contribution in [0.25, 0.3) is 0 Å². The van der Waals surface area contributed by atoms with Crippen molar-refractivity contribution in [2.24, 2.45) is 0 Å². The molecule has 2 atom stereocenters. The van der Waals surface area contributed by atoms with Crippen LogP contribution in [-0.4, -0.2) is 17.8 Å². The summed E-state index contributed by atoms with van der Waals surface area (Å²) in [5.41, 5.74) is 2.53. The lowest BCUT2D eigenvalue weighted by Gasteiger charge is -2.22. The fourth-order valence-corrected chi connectivity index (χ4v) is 3.81.